The highest BCUT2D eigenvalue weighted by atomic mass is 32.2. The zero-order chi connectivity index (χ0) is 18.0. The summed E-state index contributed by atoms with van der Waals surface area (Å²) in [5.74, 6) is -1.00. The molecule has 1 amide bonds. The standard InChI is InChI=1S/C17H13NO4S3/c1-10-2-5-12(6-3-10)24-15-7-4-11(22-15)8-13-16(21)18(9-14(19)20)17(23)25-13/h2-8H,9H2,1H3,(H,19,20)/b13-8+. The lowest BCUT2D eigenvalue weighted by molar-refractivity contribution is -0.140. The van der Waals surface area contributed by atoms with Crippen LogP contribution in [-0.2, 0) is 9.59 Å². The van der Waals surface area contributed by atoms with E-state index in [-0.39, 0.29) is 4.32 Å². The highest BCUT2D eigenvalue weighted by Crippen LogP contribution is 2.34. The molecule has 0 spiro atoms. The summed E-state index contributed by atoms with van der Waals surface area (Å²) in [5, 5.41) is 9.55. The zero-order valence-corrected chi connectivity index (χ0v) is 15.5. The predicted octanol–water partition coefficient (Wildman–Crippen LogP) is 4.03. The minimum atomic E-state index is -1.10. The molecule has 2 aromatic rings. The van der Waals surface area contributed by atoms with Crippen LogP contribution in [0.4, 0.5) is 0 Å². The summed E-state index contributed by atoms with van der Waals surface area (Å²) in [4.78, 5) is 25.5. The summed E-state index contributed by atoms with van der Waals surface area (Å²) in [6.07, 6.45) is 1.58. The number of carbonyl (C=O) groups excluding carboxylic acids is 1. The maximum absolute atomic E-state index is 12.2. The number of aliphatic carboxylic acids is 1. The van der Waals surface area contributed by atoms with E-state index in [4.69, 9.17) is 21.7 Å². The number of nitrogens with zero attached hydrogens (tertiary/aromatic N) is 1. The summed E-state index contributed by atoms with van der Waals surface area (Å²) in [6.45, 7) is 1.59. The van der Waals surface area contributed by atoms with Gasteiger partial charge in [-0.2, -0.15) is 0 Å². The molecular weight excluding hydrogens is 378 g/mol. The van der Waals surface area contributed by atoms with Crippen molar-refractivity contribution in [2.45, 2.75) is 16.9 Å². The largest absolute Gasteiger partial charge is 0.480 e. The van der Waals surface area contributed by atoms with Gasteiger partial charge < -0.3 is 9.52 Å². The lowest BCUT2D eigenvalue weighted by Crippen LogP contribution is -2.33. The third kappa shape index (κ3) is 4.33. The van der Waals surface area contributed by atoms with E-state index in [0.717, 1.165) is 21.6 Å². The molecule has 1 aromatic heterocycles. The van der Waals surface area contributed by atoms with E-state index in [2.05, 4.69) is 0 Å². The van der Waals surface area contributed by atoms with Crippen LogP contribution in [0.5, 0.6) is 0 Å². The molecule has 0 radical (unpaired) electrons. The first kappa shape index (κ1) is 17.8. The molecule has 0 saturated carbocycles. The van der Waals surface area contributed by atoms with E-state index in [9.17, 15) is 9.59 Å². The Morgan fingerprint density at radius 2 is 2.04 bits per heavy atom. The molecule has 1 fully saturated rings. The van der Waals surface area contributed by atoms with Gasteiger partial charge in [0.05, 0.1) is 4.91 Å². The molecule has 5 nitrogen and oxygen atoms in total. The molecule has 2 heterocycles. The van der Waals surface area contributed by atoms with Crippen LogP contribution in [-0.4, -0.2) is 32.7 Å². The number of benzene rings is 1. The van der Waals surface area contributed by atoms with Gasteiger partial charge in [-0.3, -0.25) is 14.5 Å². The first-order valence-corrected chi connectivity index (χ1v) is 9.28. The van der Waals surface area contributed by atoms with Gasteiger partial charge in [0.15, 0.2) is 5.09 Å². The summed E-state index contributed by atoms with van der Waals surface area (Å²) >= 11 is 7.62. The van der Waals surface area contributed by atoms with Crippen molar-refractivity contribution in [1.29, 1.82) is 0 Å². The van der Waals surface area contributed by atoms with Crippen molar-refractivity contribution in [3.05, 3.63) is 52.6 Å². The number of hydrogen-bond acceptors (Lipinski definition) is 6. The number of carbonyl (C=O) groups is 2. The number of carboxylic acid groups (broad SMARTS) is 1. The van der Waals surface area contributed by atoms with Crippen LogP contribution in [0, 0.1) is 6.92 Å². The van der Waals surface area contributed by atoms with E-state index in [1.165, 1.54) is 17.3 Å². The van der Waals surface area contributed by atoms with Gasteiger partial charge in [0.25, 0.3) is 5.91 Å². The molecule has 1 aliphatic rings. The van der Waals surface area contributed by atoms with Gasteiger partial charge in [0.1, 0.15) is 16.6 Å². The Morgan fingerprint density at radius 1 is 1.32 bits per heavy atom. The smallest absolute Gasteiger partial charge is 0.323 e. The number of thioether (sulfide) groups is 1. The van der Waals surface area contributed by atoms with Crippen molar-refractivity contribution in [3.8, 4) is 0 Å². The molecule has 1 aliphatic heterocycles. The summed E-state index contributed by atoms with van der Waals surface area (Å²) < 4.78 is 5.96. The van der Waals surface area contributed by atoms with E-state index >= 15 is 0 Å². The Balaban J connectivity index is 1.73. The van der Waals surface area contributed by atoms with Gasteiger partial charge in [-0.05, 0) is 31.2 Å². The van der Waals surface area contributed by atoms with Crippen LogP contribution < -0.4 is 0 Å². The van der Waals surface area contributed by atoms with Crippen LogP contribution in [0.2, 0.25) is 0 Å². The van der Waals surface area contributed by atoms with Crippen molar-refractivity contribution < 1.29 is 19.1 Å². The monoisotopic (exact) mass is 391 g/mol. The predicted molar refractivity (Wildman–Crippen MR) is 102 cm³/mol. The normalized spacial score (nSPS) is 16.0. The Kier molecular flexibility index (Phi) is 5.31. The van der Waals surface area contributed by atoms with Gasteiger partial charge in [-0.15, -0.1) is 0 Å². The number of amides is 1. The van der Waals surface area contributed by atoms with E-state index in [1.807, 2.05) is 37.3 Å². The maximum atomic E-state index is 12.2. The number of aryl methyl sites for hydroxylation is 1. The van der Waals surface area contributed by atoms with Gasteiger partial charge in [0.2, 0.25) is 0 Å². The second-order valence-corrected chi connectivity index (χ2v) is 7.99. The summed E-state index contributed by atoms with van der Waals surface area (Å²) in [7, 11) is 0. The van der Waals surface area contributed by atoms with Crippen LogP contribution in [0.25, 0.3) is 6.08 Å². The molecule has 1 N–H and O–H groups in total. The Hall–Kier alpha value is -2.03. The Labute approximate surface area is 158 Å². The van der Waals surface area contributed by atoms with Crippen molar-refractivity contribution in [2.24, 2.45) is 0 Å². The van der Waals surface area contributed by atoms with E-state index in [0.29, 0.717) is 15.8 Å². The van der Waals surface area contributed by atoms with Crippen LogP contribution in [0.3, 0.4) is 0 Å². The first-order chi connectivity index (χ1) is 11.9. The minimum Gasteiger partial charge on any atom is -0.480 e. The second-order valence-electron chi connectivity index (χ2n) is 5.23. The number of thiocarbonyl (C=S) groups is 1. The summed E-state index contributed by atoms with van der Waals surface area (Å²) in [6, 6.07) is 11.7. The molecule has 0 aliphatic carbocycles. The van der Waals surface area contributed by atoms with Crippen LogP contribution in [0.15, 0.2) is 55.7 Å². The molecule has 0 bridgehead atoms. The van der Waals surface area contributed by atoms with E-state index in [1.54, 1.807) is 12.1 Å². The lowest BCUT2D eigenvalue weighted by atomic mass is 10.2. The first-order valence-electron chi connectivity index (χ1n) is 7.24. The Bertz CT molecular complexity index is 870. The molecule has 1 aromatic carbocycles. The highest BCUT2D eigenvalue weighted by Gasteiger charge is 2.33. The molecule has 3 rings (SSSR count). The molecule has 1 saturated heterocycles. The fourth-order valence-corrected chi connectivity index (χ4v) is 4.10. The summed E-state index contributed by atoms with van der Waals surface area (Å²) in [5.41, 5.74) is 1.19. The third-order valence-corrected chi connectivity index (χ3v) is 5.59. The fraction of sp³-hybridized carbons (Fsp3) is 0.118. The van der Waals surface area contributed by atoms with Gasteiger partial charge in [0, 0.05) is 11.0 Å². The van der Waals surface area contributed by atoms with Crippen molar-refractivity contribution >= 4 is 58.0 Å². The number of hydrogen-bond donors (Lipinski definition) is 1. The topological polar surface area (TPSA) is 70.8 Å². The quantitative estimate of drug-likeness (QED) is 0.609. The van der Waals surface area contributed by atoms with Crippen molar-refractivity contribution in [2.75, 3.05) is 6.54 Å². The van der Waals surface area contributed by atoms with Gasteiger partial charge in [-0.25, -0.2) is 0 Å². The molecule has 25 heavy (non-hydrogen) atoms. The molecule has 0 atom stereocenters. The van der Waals surface area contributed by atoms with Crippen molar-refractivity contribution in [3.63, 3.8) is 0 Å². The molecule has 8 heteroatoms. The van der Waals surface area contributed by atoms with Crippen LogP contribution in [0.1, 0.15) is 11.3 Å². The minimum absolute atomic E-state index is 0.236. The lowest BCUT2D eigenvalue weighted by Gasteiger charge is -2.09. The average Bonchev–Trinajstić information content (AvgIpc) is 3.09. The number of carboxylic acids is 1. The number of furan rings is 1. The zero-order valence-electron chi connectivity index (χ0n) is 13.1. The van der Waals surface area contributed by atoms with Crippen LogP contribution >= 0.6 is 35.7 Å². The third-order valence-electron chi connectivity index (χ3n) is 3.28. The molecular formula is C17H13NO4S3. The maximum Gasteiger partial charge on any atom is 0.323 e. The SMILES string of the molecule is Cc1ccc(Sc2ccc(/C=C3/SC(=S)N(CC(=O)O)C3=O)o2)cc1. The average molecular weight is 391 g/mol. The molecule has 0 unspecified atom stereocenters. The molecule has 128 valence electrons. The van der Waals surface area contributed by atoms with E-state index < -0.39 is 18.4 Å². The second kappa shape index (κ2) is 7.47. The number of rotatable bonds is 5. The van der Waals surface area contributed by atoms with Gasteiger partial charge >= 0.3 is 5.97 Å². The van der Waals surface area contributed by atoms with Crippen molar-refractivity contribution in [1.82, 2.24) is 4.90 Å². The van der Waals surface area contributed by atoms with Gasteiger partial charge in [-0.1, -0.05) is 53.4 Å². The Morgan fingerprint density at radius 3 is 2.72 bits per heavy atom. The highest BCUT2D eigenvalue weighted by molar-refractivity contribution is 8.26. The fourth-order valence-electron chi connectivity index (χ4n) is 2.09.